The van der Waals surface area contributed by atoms with Crippen LogP contribution in [-0.2, 0) is 0 Å². The fourth-order valence-corrected chi connectivity index (χ4v) is 3.32. The largest absolute Gasteiger partial charge is 0.324 e. The lowest BCUT2D eigenvalue weighted by Crippen LogP contribution is -2.14. The van der Waals surface area contributed by atoms with Crippen LogP contribution in [0, 0.1) is 5.92 Å². The molecular formula is C16H15BrClN. The molecule has 0 heterocycles. The lowest BCUT2D eigenvalue weighted by Gasteiger charge is -2.14. The van der Waals surface area contributed by atoms with Gasteiger partial charge in [0.1, 0.15) is 0 Å². The Morgan fingerprint density at radius 1 is 1.16 bits per heavy atom. The zero-order valence-electron chi connectivity index (χ0n) is 10.4. The first-order chi connectivity index (χ1) is 9.16. The van der Waals surface area contributed by atoms with Crippen LogP contribution < -0.4 is 5.73 Å². The Bertz CT molecular complexity index is 585. The van der Waals surface area contributed by atoms with Gasteiger partial charge in [-0.05, 0) is 47.6 Å². The Morgan fingerprint density at radius 3 is 2.63 bits per heavy atom. The van der Waals surface area contributed by atoms with Gasteiger partial charge in [0.05, 0.1) is 0 Å². The number of hydrogen-bond donors (Lipinski definition) is 1. The van der Waals surface area contributed by atoms with Crippen molar-refractivity contribution >= 4 is 27.5 Å². The van der Waals surface area contributed by atoms with Crippen molar-refractivity contribution < 1.29 is 0 Å². The number of benzene rings is 2. The quantitative estimate of drug-likeness (QED) is 0.847. The summed E-state index contributed by atoms with van der Waals surface area (Å²) in [5.41, 5.74) is 8.82. The molecule has 0 aliphatic heterocycles. The fourth-order valence-electron chi connectivity index (χ4n) is 2.70. The zero-order chi connectivity index (χ0) is 13.4. The Labute approximate surface area is 126 Å². The standard InChI is InChI=1S/C16H15BrClN/c17-11-6-7-15(18)14(8-11)16(19)13-9-12(13)10-4-2-1-3-5-10/h1-8,12-13,16H,9,19H2. The van der Waals surface area contributed by atoms with Crippen molar-refractivity contribution in [2.45, 2.75) is 18.4 Å². The summed E-state index contributed by atoms with van der Waals surface area (Å²) in [6, 6.07) is 16.5. The van der Waals surface area contributed by atoms with E-state index in [0.29, 0.717) is 11.8 Å². The summed E-state index contributed by atoms with van der Waals surface area (Å²) in [4.78, 5) is 0. The molecule has 0 bridgehead atoms. The highest BCUT2D eigenvalue weighted by molar-refractivity contribution is 9.10. The molecule has 2 aromatic carbocycles. The first kappa shape index (κ1) is 13.2. The summed E-state index contributed by atoms with van der Waals surface area (Å²) < 4.78 is 1.03. The first-order valence-electron chi connectivity index (χ1n) is 6.42. The third kappa shape index (κ3) is 2.71. The summed E-state index contributed by atoms with van der Waals surface area (Å²) in [5.74, 6) is 1.07. The van der Waals surface area contributed by atoms with Crippen LogP contribution >= 0.6 is 27.5 Å². The maximum Gasteiger partial charge on any atom is 0.0454 e. The molecule has 0 saturated heterocycles. The van der Waals surface area contributed by atoms with Gasteiger partial charge in [-0.2, -0.15) is 0 Å². The van der Waals surface area contributed by atoms with E-state index < -0.39 is 0 Å². The van der Waals surface area contributed by atoms with E-state index in [2.05, 4.69) is 40.2 Å². The third-order valence-electron chi connectivity index (χ3n) is 3.85. The molecule has 3 heteroatoms. The van der Waals surface area contributed by atoms with Gasteiger partial charge >= 0.3 is 0 Å². The molecule has 2 aromatic rings. The summed E-state index contributed by atoms with van der Waals surface area (Å²) in [6.45, 7) is 0. The fraction of sp³-hybridized carbons (Fsp3) is 0.250. The molecule has 3 rings (SSSR count). The van der Waals surface area contributed by atoms with Crippen LogP contribution in [0.4, 0.5) is 0 Å². The van der Waals surface area contributed by atoms with Gasteiger partial charge in [0.2, 0.25) is 0 Å². The van der Waals surface area contributed by atoms with Gasteiger partial charge < -0.3 is 5.73 Å². The molecule has 1 aliphatic rings. The van der Waals surface area contributed by atoms with Crippen molar-refractivity contribution in [3.8, 4) is 0 Å². The van der Waals surface area contributed by atoms with Gasteiger partial charge in [-0.3, -0.25) is 0 Å². The Kier molecular flexibility index (Phi) is 3.66. The highest BCUT2D eigenvalue weighted by atomic mass is 79.9. The molecule has 2 N–H and O–H groups in total. The monoisotopic (exact) mass is 335 g/mol. The van der Waals surface area contributed by atoms with Crippen LogP contribution in [0.3, 0.4) is 0 Å². The van der Waals surface area contributed by atoms with Crippen LogP contribution in [0.15, 0.2) is 53.0 Å². The zero-order valence-corrected chi connectivity index (χ0v) is 12.7. The minimum absolute atomic E-state index is 0.00945. The average Bonchev–Trinajstić information content (AvgIpc) is 3.22. The van der Waals surface area contributed by atoms with Crippen LogP contribution in [0.1, 0.15) is 29.5 Å². The molecule has 19 heavy (non-hydrogen) atoms. The molecule has 1 fully saturated rings. The molecule has 98 valence electrons. The van der Waals surface area contributed by atoms with E-state index in [4.69, 9.17) is 17.3 Å². The van der Waals surface area contributed by atoms with Gasteiger partial charge in [-0.1, -0.05) is 57.9 Å². The van der Waals surface area contributed by atoms with Gasteiger partial charge in [-0.15, -0.1) is 0 Å². The lowest BCUT2D eigenvalue weighted by atomic mass is 9.99. The predicted octanol–water partition coefficient (Wildman–Crippen LogP) is 4.91. The summed E-state index contributed by atoms with van der Waals surface area (Å²) >= 11 is 9.74. The SMILES string of the molecule is NC(c1cc(Br)ccc1Cl)C1CC1c1ccccc1. The number of hydrogen-bond acceptors (Lipinski definition) is 1. The predicted molar refractivity (Wildman–Crippen MR) is 83.4 cm³/mol. The molecule has 0 spiro atoms. The molecule has 1 aliphatic carbocycles. The topological polar surface area (TPSA) is 26.0 Å². The van der Waals surface area contributed by atoms with Gasteiger partial charge in [0, 0.05) is 15.5 Å². The van der Waals surface area contributed by atoms with Crippen LogP contribution in [0.25, 0.3) is 0 Å². The number of rotatable bonds is 3. The third-order valence-corrected chi connectivity index (χ3v) is 4.68. The minimum Gasteiger partial charge on any atom is -0.324 e. The maximum absolute atomic E-state index is 6.39. The van der Waals surface area contributed by atoms with Crippen molar-refractivity contribution in [1.29, 1.82) is 0 Å². The minimum atomic E-state index is 0.00945. The molecule has 0 radical (unpaired) electrons. The van der Waals surface area contributed by atoms with E-state index in [9.17, 15) is 0 Å². The highest BCUT2D eigenvalue weighted by Crippen LogP contribution is 2.53. The van der Waals surface area contributed by atoms with E-state index >= 15 is 0 Å². The normalized spacial score (nSPS) is 23.1. The smallest absolute Gasteiger partial charge is 0.0454 e. The van der Waals surface area contributed by atoms with E-state index in [-0.39, 0.29) is 6.04 Å². The van der Waals surface area contributed by atoms with Gasteiger partial charge in [0.25, 0.3) is 0 Å². The molecule has 1 saturated carbocycles. The Morgan fingerprint density at radius 2 is 1.89 bits per heavy atom. The summed E-state index contributed by atoms with van der Waals surface area (Å²) in [5, 5.41) is 0.759. The van der Waals surface area contributed by atoms with Crippen LogP contribution in [-0.4, -0.2) is 0 Å². The number of nitrogens with two attached hydrogens (primary N) is 1. The van der Waals surface area contributed by atoms with Crippen molar-refractivity contribution in [1.82, 2.24) is 0 Å². The first-order valence-corrected chi connectivity index (χ1v) is 7.59. The second-order valence-corrected chi connectivity index (χ2v) is 6.43. The number of halogens is 2. The van der Waals surface area contributed by atoms with E-state index in [1.165, 1.54) is 5.56 Å². The van der Waals surface area contributed by atoms with Crippen molar-refractivity contribution in [2.24, 2.45) is 11.7 Å². The highest BCUT2D eigenvalue weighted by Gasteiger charge is 2.43. The van der Waals surface area contributed by atoms with E-state index in [1.807, 2.05) is 24.3 Å². The molecule has 0 aromatic heterocycles. The van der Waals surface area contributed by atoms with Crippen molar-refractivity contribution in [3.63, 3.8) is 0 Å². The molecular weight excluding hydrogens is 322 g/mol. The van der Waals surface area contributed by atoms with Crippen molar-refractivity contribution in [3.05, 3.63) is 69.2 Å². The Balaban J connectivity index is 1.80. The molecule has 1 nitrogen and oxygen atoms in total. The van der Waals surface area contributed by atoms with Crippen LogP contribution in [0.2, 0.25) is 5.02 Å². The average molecular weight is 337 g/mol. The lowest BCUT2D eigenvalue weighted by molar-refractivity contribution is 0.615. The summed E-state index contributed by atoms with van der Waals surface area (Å²) in [7, 11) is 0. The molecule has 3 unspecified atom stereocenters. The van der Waals surface area contributed by atoms with Crippen molar-refractivity contribution in [2.75, 3.05) is 0 Å². The second-order valence-electron chi connectivity index (χ2n) is 5.11. The van der Waals surface area contributed by atoms with E-state index in [0.717, 1.165) is 21.5 Å². The Hall–Kier alpha value is -0.830. The maximum atomic E-state index is 6.39. The van der Waals surface area contributed by atoms with Gasteiger partial charge in [-0.25, -0.2) is 0 Å². The molecule has 0 amide bonds. The van der Waals surface area contributed by atoms with Gasteiger partial charge in [0.15, 0.2) is 0 Å². The summed E-state index contributed by atoms with van der Waals surface area (Å²) in [6.07, 6.45) is 1.15. The molecule has 3 atom stereocenters. The van der Waals surface area contributed by atoms with E-state index in [1.54, 1.807) is 0 Å². The van der Waals surface area contributed by atoms with Crippen LogP contribution in [0.5, 0.6) is 0 Å². The second kappa shape index (κ2) is 5.28.